The molecule has 2 N–H and O–H groups in total. The normalized spacial score (nSPS) is 19.9. The van der Waals surface area contributed by atoms with Gasteiger partial charge in [-0.2, -0.15) is 0 Å². The third-order valence-electron chi connectivity index (χ3n) is 3.53. The average molecular weight is 271 g/mol. The molecule has 1 rings (SSSR count). The van der Waals surface area contributed by atoms with Crippen LogP contribution < -0.4 is 5.32 Å². The van der Waals surface area contributed by atoms with Crippen LogP contribution in [0, 0.1) is 0 Å². The second-order valence-electron chi connectivity index (χ2n) is 5.06. The van der Waals surface area contributed by atoms with Crippen LogP contribution in [0.4, 0.5) is 4.79 Å². The Kier molecular flexibility index (Phi) is 6.62. The number of nitrogens with one attached hydrogen (secondary N) is 1. The fraction of sp³-hybridized carbons (Fsp3) is 0.846. The minimum absolute atomic E-state index is 0.162. The van der Waals surface area contributed by atoms with Crippen molar-refractivity contribution in [2.45, 2.75) is 38.1 Å². The van der Waals surface area contributed by atoms with E-state index in [1.165, 1.54) is 4.90 Å². The number of carboxylic acids is 1. The Morgan fingerprint density at radius 2 is 2.11 bits per heavy atom. The monoisotopic (exact) mass is 271 g/mol. The average Bonchev–Trinajstić information content (AvgIpc) is 2.63. The van der Waals surface area contributed by atoms with Crippen LogP contribution >= 0.6 is 0 Å². The number of aliphatic carboxylic acids is 1. The van der Waals surface area contributed by atoms with Gasteiger partial charge >= 0.3 is 12.0 Å². The smallest absolute Gasteiger partial charge is 0.326 e. The van der Waals surface area contributed by atoms with Gasteiger partial charge in [-0.05, 0) is 32.9 Å². The minimum atomic E-state index is -0.890. The van der Waals surface area contributed by atoms with Crippen LogP contribution in [-0.4, -0.2) is 66.7 Å². The largest absolute Gasteiger partial charge is 0.480 e. The molecule has 110 valence electrons. The first-order valence-electron chi connectivity index (χ1n) is 6.97. The lowest BCUT2D eigenvalue weighted by atomic mass is 10.1. The van der Waals surface area contributed by atoms with Crippen molar-refractivity contribution in [1.29, 1.82) is 0 Å². The number of amides is 2. The number of carboxylic acid groups (broad SMARTS) is 1. The van der Waals surface area contributed by atoms with Gasteiger partial charge in [-0.1, -0.05) is 12.8 Å². The molecule has 6 heteroatoms. The molecule has 2 amide bonds. The lowest BCUT2D eigenvalue weighted by Gasteiger charge is -2.31. The first kappa shape index (κ1) is 15.8. The second kappa shape index (κ2) is 7.99. The zero-order valence-corrected chi connectivity index (χ0v) is 11.9. The molecule has 1 atom stereocenters. The van der Waals surface area contributed by atoms with Gasteiger partial charge in [0.1, 0.15) is 6.04 Å². The highest BCUT2D eigenvalue weighted by Gasteiger charge is 2.32. The molecule has 19 heavy (non-hydrogen) atoms. The van der Waals surface area contributed by atoms with E-state index in [1.54, 1.807) is 11.9 Å². The number of likely N-dealkylation sites (tertiary alicyclic amines) is 1. The van der Waals surface area contributed by atoms with E-state index in [9.17, 15) is 14.7 Å². The summed E-state index contributed by atoms with van der Waals surface area (Å²) in [5, 5.41) is 12.3. The maximum atomic E-state index is 12.3. The van der Waals surface area contributed by atoms with Crippen molar-refractivity contribution in [3.05, 3.63) is 0 Å². The van der Waals surface area contributed by atoms with E-state index in [0.717, 1.165) is 32.2 Å². The summed E-state index contributed by atoms with van der Waals surface area (Å²) in [5.41, 5.74) is 0. The summed E-state index contributed by atoms with van der Waals surface area (Å²) in [7, 11) is 3.61. The Morgan fingerprint density at radius 3 is 2.74 bits per heavy atom. The standard InChI is InChI=1S/C13H25N3O3/c1-14-8-6-9-15(2)13(19)16-10-5-3-4-7-11(16)12(17)18/h11,14H,3-10H2,1-2H3,(H,17,18). The molecule has 1 saturated heterocycles. The third kappa shape index (κ3) is 4.70. The van der Waals surface area contributed by atoms with Crippen molar-refractivity contribution in [2.24, 2.45) is 0 Å². The van der Waals surface area contributed by atoms with E-state index in [2.05, 4.69) is 5.32 Å². The van der Waals surface area contributed by atoms with Gasteiger partial charge in [0.2, 0.25) is 0 Å². The highest BCUT2D eigenvalue weighted by molar-refractivity contribution is 5.82. The van der Waals surface area contributed by atoms with E-state index in [-0.39, 0.29) is 6.03 Å². The highest BCUT2D eigenvalue weighted by atomic mass is 16.4. The molecule has 6 nitrogen and oxygen atoms in total. The Balaban J connectivity index is 2.61. The van der Waals surface area contributed by atoms with Gasteiger partial charge in [0, 0.05) is 20.1 Å². The summed E-state index contributed by atoms with van der Waals surface area (Å²) in [6.45, 7) is 2.04. The maximum Gasteiger partial charge on any atom is 0.326 e. The molecule has 0 aromatic heterocycles. The fourth-order valence-electron chi connectivity index (χ4n) is 2.40. The van der Waals surface area contributed by atoms with Crippen LogP contribution in [0.1, 0.15) is 32.1 Å². The van der Waals surface area contributed by atoms with E-state index < -0.39 is 12.0 Å². The van der Waals surface area contributed by atoms with E-state index in [0.29, 0.717) is 19.5 Å². The van der Waals surface area contributed by atoms with Crippen LogP contribution in [0.25, 0.3) is 0 Å². The molecular formula is C13H25N3O3. The molecule has 0 aliphatic carbocycles. The van der Waals surface area contributed by atoms with Gasteiger partial charge in [-0.25, -0.2) is 9.59 Å². The summed E-state index contributed by atoms with van der Waals surface area (Å²) in [6, 6.07) is -0.827. The summed E-state index contributed by atoms with van der Waals surface area (Å²) in [5.74, 6) is -0.890. The molecule has 1 heterocycles. The van der Waals surface area contributed by atoms with E-state index in [1.807, 2.05) is 7.05 Å². The van der Waals surface area contributed by atoms with Crippen LogP contribution in [-0.2, 0) is 4.79 Å². The molecule has 0 spiro atoms. The summed E-state index contributed by atoms with van der Waals surface area (Å²) in [4.78, 5) is 26.8. The van der Waals surface area contributed by atoms with Gasteiger partial charge in [-0.15, -0.1) is 0 Å². The van der Waals surface area contributed by atoms with Crippen molar-refractivity contribution in [3.63, 3.8) is 0 Å². The minimum Gasteiger partial charge on any atom is -0.480 e. The summed E-state index contributed by atoms with van der Waals surface area (Å²) >= 11 is 0. The van der Waals surface area contributed by atoms with E-state index in [4.69, 9.17) is 0 Å². The molecule has 0 aromatic carbocycles. The topological polar surface area (TPSA) is 72.9 Å². The number of urea groups is 1. The predicted molar refractivity (Wildman–Crippen MR) is 73.2 cm³/mol. The molecule has 1 fully saturated rings. The van der Waals surface area contributed by atoms with Crippen molar-refractivity contribution < 1.29 is 14.7 Å². The molecule has 0 saturated carbocycles. The zero-order valence-electron chi connectivity index (χ0n) is 11.9. The maximum absolute atomic E-state index is 12.3. The molecule has 1 aliphatic rings. The van der Waals surface area contributed by atoms with Gasteiger partial charge in [0.25, 0.3) is 0 Å². The lowest BCUT2D eigenvalue weighted by Crippen LogP contribution is -2.50. The Labute approximate surface area is 114 Å². The number of rotatable bonds is 5. The number of nitrogens with zero attached hydrogens (tertiary/aromatic N) is 2. The Morgan fingerprint density at radius 1 is 1.37 bits per heavy atom. The highest BCUT2D eigenvalue weighted by Crippen LogP contribution is 2.18. The van der Waals surface area contributed by atoms with Gasteiger partial charge in [0.15, 0.2) is 0 Å². The second-order valence-corrected chi connectivity index (χ2v) is 5.06. The van der Waals surface area contributed by atoms with Crippen molar-refractivity contribution in [2.75, 3.05) is 33.7 Å². The van der Waals surface area contributed by atoms with Gasteiger partial charge < -0.3 is 20.2 Å². The number of hydrogen-bond acceptors (Lipinski definition) is 3. The summed E-state index contributed by atoms with van der Waals surface area (Å²) < 4.78 is 0. The Hall–Kier alpha value is -1.30. The SMILES string of the molecule is CNCCCN(C)C(=O)N1CCCCCC1C(=O)O. The molecule has 0 bridgehead atoms. The summed E-state index contributed by atoms with van der Waals surface area (Å²) in [6.07, 6.45) is 4.19. The number of carbonyl (C=O) groups excluding carboxylic acids is 1. The van der Waals surface area contributed by atoms with E-state index >= 15 is 0 Å². The lowest BCUT2D eigenvalue weighted by molar-refractivity contribution is -0.142. The van der Waals surface area contributed by atoms with Crippen LogP contribution in [0.2, 0.25) is 0 Å². The van der Waals surface area contributed by atoms with Crippen molar-refractivity contribution in [3.8, 4) is 0 Å². The fourth-order valence-corrected chi connectivity index (χ4v) is 2.40. The molecule has 1 unspecified atom stereocenters. The van der Waals surface area contributed by atoms with Crippen LogP contribution in [0.3, 0.4) is 0 Å². The molecule has 0 aromatic rings. The van der Waals surface area contributed by atoms with Crippen LogP contribution in [0.15, 0.2) is 0 Å². The third-order valence-corrected chi connectivity index (χ3v) is 3.53. The Bertz CT molecular complexity index is 310. The first-order chi connectivity index (χ1) is 9.07. The van der Waals surface area contributed by atoms with Crippen molar-refractivity contribution >= 4 is 12.0 Å². The van der Waals surface area contributed by atoms with Gasteiger partial charge in [-0.3, -0.25) is 0 Å². The first-order valence-corrected chi connectivity index (χ1v) is 6.97. The van der Waals surface area contributed by atoms with Crippen LogP contribution in [0.5, 0.6) is 0 Å². The predicted octanol–water partition coefficient (Wildman–Crippen LogP) is 0.977. The zero-order chi connectivity index (χ0) is 14.3. The molecular weight excluding hydrogens is 246 g/mol. The molecule has 0 radical (unpaired) electrons. The van der Waals surface area contributed by atoms with Crippen molar-refractivity contribution in [1.82, 2.24) is 15.1 Å². The molecule has 1 aliphatic heterocycles. The number of carbonyl (C=O) groups is 2. The number of hydrogen-bond donors (Lipinski definition) is 2. The van der Waals surface area contributed by atoms with Gasteiger partial charge in [0.05, 0.1) is 0 Å². The quantitative estimate of drug-likeness (QED) is 0.731.